The van der Waals surface area contributed by atoms with Crippen LogP contribution < -0.4 is 14.8 Å². The first-order valence-electron chi connectivity index (χ1n) is 20.0. The molecule has 0 saturated carbocycles. The number of ether oxygens (including phenoxy) is 3. The summed E-state index contributed by atoms with van der Waals surface area (Å²) < 4.78 is 20.4. The van der Waals surface area contributed by atoms with Gasteiger partial charge in [0.15, 0.2) is 11.2 Å². The average molecular weight is 889 g/mol. The van der Waals surface area contributed by atoms with Crippen molar-refractivity contribution in [2.24, 2.45) is 5.41 Å². The van der Waals surface area contributed by atoms with Crippen molar-refractivity contribution >= 4 is 29.0 Å². The van der Waals surface area contributed by atoms with Gasteiger partial charge in [-0.15, -0.1) is 0 Å². The summed E-state index contributed by atoms with van der Waals surface area (Å²) >= 11 is 0. The van der Waals surface area contributed by atoms with Gasteiger partial charge in [0.25, 0.3) is 0 Å². The van der Waals surface area contributed by atoms with Gasteiger partial charge in [-0.25, -0.2) is 4.98 Å². The normalized spacial score (nSPS) is 15.7. The molecule has 7 aromatic rings. The predicted octanol–water partition coefficient (Wildman–Crippen LogP) is 8.56. The topological polar surface area (TPSA) is 121 Å². The Bertz CT molecular complexity index is 2450. The Balaban J connectivity index is 0.00000561. The minimum absolute atomic E-state index is 0. The van der Waals surface area contributed by atoms with E-state index in [1.54, 1.807) is 39.2 Å². The summed E-state index contributed by atoms with van der Waals surface area (Å²) in [5.74, 6) is 0.0766. The Morgan fingerprint density at radius 2 is 1.31 bits per heavy atom. The van der Waals surface area contributed by atoms with Crippen molar-refractivity contribution in [2.75, 3.05) is 18.4 Å². The van der Waals surface area contributed by atoms with Crippen LogP contribution in [0.15, 0.2) is 152 Å². The van der Waals surface area contributed by atoms with Gasteiger partial charge in [0.2, 0.25) is 17.7 Å². The van der Waals surface area contributed by atoms with Crippen LogP contribution in [0.4, 0.5) is 5.95 Å². The van der Waals surface area contributed by atoms with Gasteiger partial charge in [-0.2, -0.15) is 9.97 Å². The van der Waals surface area contributed by atoms with Crippen LogP contribution in [-0.2, 0) is 65.6 Å². The Hall–Kier alpha value is -5.59. The number of aromatic nitrogens is 4. The first kappa shape index (κ1) is 43.5. The molecule has 1 radical (unpaired) electrons. The Labute approximate surface area is 381 Å². The molecule has 1 amide bonds. The molecule has 3 heterocycles. The number of benzene rings is 5. The van der Waals surface area contributed by atoms with Crippen LogP contribution in [0.5, 0.6) is 11.6 Å². The predicted molar refractivity (Wildman–Crippen MR) is 230 cm³/mol. The Morgan fingerprint density at radius 3 is 1.87 bits per heavy atom. The minimum atomic E-state index is -0.710. The molecule has 61 heavy (non-hydrogen) atoms. The largest absolute Gasteiger partial charge is 0.471 e. The Morgan fingerprint density at radius 1 is 0.754 bits per heavy atom. The van der Waals surface area contributed by atoms with E-state index in [9.17, 15) is 9.59 Å². The van der Waals surface area contributed by atoms with E-state index in [2.05, 4.69) is 94.9 Å². The van der Waals surface area contributed by atoms with E-state index in [1.165, 1.54) is 0 Å². The van der Waals surface area contributed by atoms with Crippen LogP contribution >= 0.6 is 0 Å². The number of hydrogen-bond donors (Lipinski definition) is 1. The van der Waals surface area contributed by atoms with Crippen LogP contribution in [0.1, 0.15) is 54.8 Å². The van der Waals surface area contributed by atoms with E-state index in [0.29, 0.717) is 30.0 Å². The molecule has 2 atom stereocenters. The van der Waals surface area contributed by atoms with E-state index in [0.717, 1.165) is 27.8 Å². The quantitative estimate of drug-likeness (QED) is 0.0557. The fourth-order valence-electron chi connectivity index (χ4n) is 7.60. The molecule has 8 rings (SSSR count). The number of anilines is 1. The van der Waals surface area contributed by atoms with Crippen LogP contribution in [0.25, 0.3) is 11.2 Å². The number of rotatable bonds is 12. The van der Waals surface area contributed by atoms with E-state index >= 15 is 0 Å². The van der Waals surface area contributed by atoms with E-state index in [1.807, 2.05) is 65.2 Å². The smallest absolute Gasteiger partial charge is 0.316 e. The van der Waals surface area contributed by atoms with Gasteiger partial charge in [0.1, 0.15) is 18.6 Å². The number of fused-ring (bicyclic) bond motifs is 1. The summed E-state index contributed by atoms with van der Waals surface area (Å²) in [7, 11) is 0. The maximum Gasteiger partial charge on any atom is 0.316 e. The van der Waals surface area contributed by atoms with Crippen LogP contribution in [0.3, 0.4) is 0 Å². The molecule has 12 heteroatoms. The molecule has 1 aliphatic heterocycles. The zero-order valence-electron chi connectivity index (χ0n) is 34.5. The van der Waals surface area contributed by atoms with Crippen molar-refractivity contribution in [3.05, 3.63) is 187 Å². The van der Waals surface area contributed by atoms with Gasteiger partial charge >= 0.3 is 5.97 Å². The van der Waals surface area contributed by atoms with Gasteiger partial charge in [-0.1, -0.05) is 140 Å². The molecule has 1 N–H and O–H groups in total. The molecule has 0 bridgehead atoms. The molecule has 11 nitrogen and oxygen atoms in total. The van der Waals surface area contributed by atoms with Crippen molar-refractivity contribution in [3.8, 4) is 11.6 Å². The fourth-order valence-corrected chi connectivity index (χ4v) is 7.60. The molecule has 307 valence electrons. The molecule has 0 aliphatic carbocycles. The third-order valence-electron chi connectivity index (χ3n) is 10.5. The summed E-state index contributed by atoms with van der Waals surface area (Å²) in [5.41, 5.74) is 4.44. The molecule has 1 aliphatic rings. The van der Waals surface area contributed by atoms with Gasteiger partial charge in [0.05, 0.1) is 23.7 Å². The monoisotopic (exact) mass is 888 g/mol. The number of amides is 1. The third kappa shape index (κ3) is 9.66. The second-order valence-corrected chi connectivity index (χ2v) is 15.9. The summed E-state index contributed by atoms with van der Waals surface area (Å²) in [4.78, 5) is 42.5. The van der Waals surface area contributed by atoms with Crippen molar-refractivity contribution in [2.45, 2.75) is 51.7 Å². The standard InChI is InChI=1S/C49H47N6O5.Y/c1-34-30-54(49(37-19-11-6-12-20-37,38-21-13-7-14-22-38)39-23-15-8-16-24-39)31-42(59-34)55-33-50-43-44(55)52-47(51-41(56)29-35-17-9-5-10-18-35)53-45(43)58-32-36-25-27-40(28-26-36)60-46(57)48(2,3)4;/h5-28,33-34,42H,1,29-32H2,2-4H3,(H,51,52,53,56);/q-1;. The summed E-state index contributed by atoms with van der Waals surface area (Å²) in [5, 5.41) is 2.89. The number of esters is 1. The van der Waals surface area contributed by atoms with Crippen molar-refractivity contribution < 1.29 is 56.5 Å². The molecular weight excluding hydrogens is 841 g/mol. The number of carbonyl (C=O) groups excluding carboxylic acids is 2. The van der Waals surface area contributed by atoms with Crippen molar-refractivity contribution in [1.82, 2.24) is 24.4 Å². The average Bonchev–Trinajstić information content (AvgIpc) is 3.69. The third-order valence-corrected chi connectivity index (χ3v) is 10.5. The second kappa shape index (κ2) is 19.0. The number of morpholine rings is 1. The minimum Gasteiger partial charge on any atom is -0.471 e. The second-order valence-electron chi connectivity index (χ2n) is 15.9. The Kier molecular flexibility index (Phi) is 13.5. The van der Waals surface area contributed by atoms with Crippen molar-refractivity contribution in [3.63, 3.8) is 0 Å². The summed E-state index contributed by atoms with van der Waals surface area (Å²) in [6.07, 6.45) is 0.774. The fraction of sp³-hybridized carbons (Fsp3) is 0.224. The van der Waals surface area contributed by atoms with Crippen molar-refractivity contribution in [1.29, 1.82) is 0 Å². The van der Waals surface area contributed by atoms with E-state index in [-0.39, 0.29) is 69.4 Å². The zero-order chi connectivity index (χ0) is 41.7. The maximum absolute atomic E-state index is 13.4. The molecule has 1 saturated heterocycles. The van der Waals surface area contributed by atoms with E-state index in [4.69, 9.17) is 24.2 Å². The molecule has 1 fully saturated rings. The number of nitrogens with zero attached hydrogens (tertiary/aromatic N) is 5. The van der Waals surface area contributed by atoms with Crippen LogP contribution in [0.2, 0.25) is 0 Å². The number of imidazole rings is 1. The number of hydrogen-bond acceptors (Lipinski definition) is 9. The maximum atomic E-state index is 13.4. The van der Waals surface area contributed by atoms with Gasteiger partial charge in [-0.3, -0.25) is 24.4 Å². The molecule has 0 spiro atoms. The molecule has 2 aromatic heterocycles. The molecule has 5 aromatic carbocycles. The number of carbonyl (C=O) groups is 2. The summed E-state index contributed by atoms with van der Waals surface area (Å²) in [6.45, 7) is 10.9. The summed E-state index contributed by atoms with van der Waals surface area (Å²) in [6, 6.07) is 48.1. The van der Waals surface area contributed by atoms with Gasteiger partial charge < -0.3 is 21.1 Å². The zero-order valence-corrected chi connectivity index (χ0v) is 37.3. The molecule has 2 unspecified atom stereocenters. The van der Waals surface area contributed by atoms with E-state index < -0.39 is 23.3 Å². The molecular formula is C49H47N6O5Y-. The first-order chi connectivity index (χ1) is 29.1. The van der Waals surface area contributed by atoms with Crippen LogP contribution in [-0.4, -0.2) is 55.5 Å². The van der Waals surface area contributed by atoms with Gasteiger partial charge in [0, 0.05) is 39.3 Å². The SMILES string of the molecule is [CH2-]C1CN(C(c2ccccc2)(c2ccccc2)c2ccccc2)CC(n2cnc3c(OCc4ccc(OC(=O)C(C)(C)C)cc4)nc(NC(=O)Cc4ccccc4)nc32)O1.[Y]. The first-order valence-corrected chi connectivity index (χ1v) is 20.0. The van der Waals surface area contributed by atoms with Crippen LogP contribution in [0, 0.1) is 12.3 Å². The number of nitrogens with one attached hydrogen (secondary N) is 1. The van der Waals surface area contributed by atoms with Gasteiger partial charge in [-0.05, 0) is 67.3 Å².